The fourth-order valence-electron chi connectivity index (χ4n) is 1.05. The van der Waals surface area contributed by atoms with Gasteiger partial charge in [-0.25, -0.2) is 0 Å². The average molecular weight is 221 g/mol. The van der Waals surface area contributed by atoms with Crippen LogP contribution in [-0.2, 0) is 0 Å². The SMILES string of the molecule is CC(C)(CO)CO.c1ccc2[nH]ccc2c1. The minimum atomic E-state index is -0.306. The molecule has 0 fully saturated rings. The molecule has 0 bridgehead atoms. The third-order valence-corrected chi connectivity index (χ3v) is 2.32. The summed E-state index contributed by atoms with van der Waals surface area (Å²) in [6, 6.07) is 10.3. The number of hydrogen-bond donors (Lipinski definition) is 3. The molecule has 0 amide bonds. The van der Waals surface area contributed by atoms with Gasteiger partial charge in [0, 0.05) is 17.1 Å². The summed E-state index contributed by atoms with van der Waals surface area (Å²) in [5, 5.41) is 18.1. The maximum Gasteiger partial charge on any atom is 0.0504 e. The van der Waals surface area contributed by atoms with Gasteiger partial charge >= 0.3 is 0 Å². The van der Waals surface area contributed by atoms with E-state index in [0.717, 1.165) is 0 Å². The lowest BCUT2D eigenvalue weighted by atomic mass is 9.97. The second-order valence-electron chi connectivity index (χ2n) is 4.55. The van der Waals surface area contributed by atoms with E-state index in [-0.39, 0.29) is 18.6 Å². The van der Waals surface area contributed by atoms with Crippen LogP contribution < -0.4 is 0 Å². The van der Waals surface area contributed by atoms with Crippen molar-refractivity contribution in [1.82, 2.24) is 4.98 Å². The molecule has 0 unspecified atom stereocenters. The lowest BCUT2D eigenvalue weighted by Crippen LogP contribution is -2.20. The van der Waals surface area contributed by atoms with Crippen molar-refractivity contribution >= 4 is 10.9 Å². The van der Waals surface area contributed by atoms with E-state index in [1.54, 1.807) is 13.8 Å². The van der Waals surface area contributed by atoms with Crippen molar-refractivity contribution in [2.45, 2.75) is 13.8 Å². The van der Waals surface area contributed by atoms with Gasteiger partial charge in [-0.15, -0.1) is 0 Å². The van der Waals surface area contributed by atoms with Gasteiger partial charge in [-0.3, -0.25) is 0 Å². The second-order valence-corrected chi connectivity index (χ2v) is 4.55. The maximum absolute atomic E-state index is 8.43. The van der Waals surface area contributed by atoms with E-state index >= 15 is 0 Å². The van der Waals surface area contributed by atoms with Gasteiger partial charge in [-0.2, -0.15) is 0 Å². The molecule has 0 aliphatic rings. The van der Waals surface area contributed by atoms with Crippen molar-refractivity contribution in [3.8, 4) is 0 Å². The standard InChI is InChI=1S/C8H7N.C5H12O2/c1-2-4-8-7(3-1)5-6-9-8;1-5(2,3-6)4-7/h1-6,9H;6-7H,3-4H2,1-2H3. The molecule has 1 aromatic heterocycles. The summed E-state index contributed by atoms with van der Waals surface area (Å²) >= 11 is 0. The van der Waals surface area contributed by atoms with Crippen LogP contribution in [0.2, 0.25) is 0 Å². The molecule has 2 aromatic rings. The van der Waals surface area contributed by atoms with Gasteiger partial charge in [0.05, 0.1) is 13.2 Å². The number of hydrogen-bond acceptors (Lipinski definition) is 2. The number of aromatic nitrogens is 1. The topological polar surface area (TPSA) is 56.2 Å². The summed E-state index contributed by atoms with van der Waals surface area (Å²) in [4.78, 5) is 3.12. The van der Waals surface area contributed by atoms with Crippen LogP contribution in [-0.4, -0.2) is 28.4 Å². The number of aromatic amines is 1. The molecule has 0 radical (unpaired) electrons. The monoisotopic (exact) mass is 221 g/mol. The Morgan fingerprint density at radius 3 is 2.19 bits per heavy atom. The van der Waals surface area contributed by atoms with E-state index in [1.165, 1.54) is 10.9 Å². The zero-order chi connectivity index (χ0) is 12.0. The Hall–Kier alpha value is -1.32. The zero-order valence-electron chi connectivity index (χ0n) is 9.77. The number of aliphatic hydroxyl groups is 2. The molecule has 0 spiro atoms. The molecular weight excluding hydrogens is 202 g/mol. The fraction of sp³-hybridized carbons (Fsp3) is 0.385. The highest BCUT2D eigenvalue weighted by molar-refractivity contribution is 5.78. The Morgan fingerprint density at radius 2 is 1.69 bits per heavy atom. The quantitative estimate of drug-likeness (QED) is 0.728. The molecule has 0 aliphatic heterocycles. The van der Waals surface area contributed by atoms with Crippen molar-refractivity contribution < 1.29 is 10.2 Å². The van der Waals surface area contributed by atoms with Gasteiger partial charge in [0.2, 0.25) is 0 Å². The molecule has 0 aliphatic carbocycles. The molecule has 16 heavy (non-hydrogen) atoms. The molecule has 3 heteroatoms. The molecule has 88 valence electrons. The summed E-state index contributed by atoms with van der Waals surface area (Å²) in [5.41, 5.74) is 0.900. The highest BCUT2D eigenvalue weighted by Gasteiger charge is 2.13. The van der Waals surface area contributed by atoms with E-state index in [2.05, 4.69) is 23.2 Å². The number of nitrogens with one attached hydrogen (secondary N) is 1. The van der Waals surface area contributed by atoms with Crippen molar-refractivity contribution in [2.24, 2.45) is 5.41 Å². The van der Waals surface area contributed by atoms with E-state index in [9.17, 15) is 0 Å². The van der Waals surface area contributed by atoms with E-state index in [4.69, 9.17) is 10.2 Å². The van der Waals surface area contributed by atoms with Crippen LogP contribution in [0.3, 0.4) is 0 Å². The summed E-state index contributed by atoms with van der Waals surface area (Å²) in [5.74, 6) is 0. The first-order valence-electron chi connectivity index (χ1n) is 5.33. The normalized spacial score (nSPS) is 11.0. The van der Waals surface area contributed by atoms with Gasteiger partial charge < -0.3 is 15.2 Å². The van der Waals surface area contributed by atoms with Crippen molar-refractivity contribution in [3.05, 3.63) is 36.5 Å². The molecule has 3 N–H and O–H groups in total. The van der Waals surface area contributed by atoms with Crippen LogP contribution in [0.1, 0.15) is 13.8 Å². The lowest BCUT2D eigenvalue weighted by molar-refractivity contribution is 0.0857. The minimum Gasteiger partial charge on any atom is -0.396 e. The van der Waals surface area contributed by atoms with Crippen LogP contribution in [0.5, 0.6) is 0 Å². The van der Waals surface area contributed by atoms with E-state index in [1.807, 2.05) is 18.3 Å². The number of para-hydroxylation sites is 1. The Kier molecular flexibility index (Phi) is 4.52. The molecule has 0 saturated heterocycles. The molecule has 2 rings (SSSR count). The Morgan fingerprint density at radius 1 is 1.06 bits per heavy atom. The predicted molar refractivity (Wildman–Crippen MR) is 66.3 cm³/mol. The van der Waals surface area contributed by atoms with Crippen LogP contribution in [0.4, 0.5) is 0 Å². The summed E-state index contributed by atoms with van der Waals surface area (Å²) in [6.07, 6.45) is 1.95. The van der Waals surface area contributed by atoms with Crippen LogP contribution >= 0.6 is 0 Å². The lowest BCUT2D eigenvalue weighted by Gasteiger charge is -2.16. The minimum absolute atomic E-state index is 0.0451. The average Bonchev–Trinajstić information content (AvgIpc) is 2.78. The third kappa shape index (κ3) is 3.68. The number of benzene rings is 1. The van der Waals surface area contributed by atoms with Gasteiger partial charge in [-0.1, -0.05) is 32.0 Å². The first kappa shape index (κ1) is 12.7. The molecule has 1 aromatic carbocycles. The highest BCUT2D eigenvalue weighted by Crippen LogP contribution is 2.10. The maximum atomic E-state index is 8.43. The molecule has 1 heterocycles. The highest BCUT2D eigenvalue weighted by atomic mass is 16.3. The summed E-state index contributed by atoms with van der Waals surface area (Å²) in [7, 11) is 0. The van der Waals surface area contributed by atoms with E-state index in [0.29, 0.717) is 0 Å². The summed E-state index contributed by atoms with van der Waals surface area (Å²) in [6.45, 7) is 3.69. The molecule has 0 saturated carbocycles. The van der Waals surface area contributed by atoms with Crippen molar-refractivity contribution in [2.75, 3.05) is 13.2 Å². The number of fused-ring (bicyclic) bond motifs is 1. The zero-order valence-corrected chi connectivity index (χ0v) is 9.77. The Balaban J connectivity index is 0.000000168. The van der Waals surface area contributed by atoms with Gasteiger partial charge in [0.15, 0.2) is 0 Å². The third-order valence-electron chi connectivity index (χ3n) is 2.32. The fourth-order valence-corrected chi connectivity index (χ4v) is 1.05. The van der Waals surface area contributed by atoms with Crippen LogP contribution in [0.15, 0.2) is 36.5 Å². The van der Waals surface area contributed by atoms with E-state index < -0.39 is 0 Å². The molecule has 3 nitrogen and oxygen atoms in total. The Labute approximate surface area is 95.7 Å². The van der Waals surface area contributed by atoms with Gasteiger partial charge in [0.1, 0.15) is 0 Å². The molecular formula is C13H19NO2. The van der Waals surface area contributed by atoms with Crippen molar-refractivity contribution in [1.29, 1.82) is 0 Å². The van der Waals surface area contributed by atoms with Crippen LogP contribution in [0.25, 0.3) is 10.9 Å². The predicted octanol–water partition coefficient (Wildman–Crippen LogP) is 2.17. The molecule has 0 atom stereocenters. The summed E-state index contributed by atoms with van der Waals surface area (Å²) < 4.78 is 0. The van der Waals surface area contributed by atoms with Crippen molar-refractivity contribution in [3.63, 3.8) is 0 Å². The largest absolute Gasteiger partial charge is 0.396 e. The van der Waals surface area contributed by atoms with Gasteiger partial charge in [0.25, 0.3) is 0 Å². The Bertz CT molecular complexity index is 384. The number of H-pyrrole nitrogens is 1. The smallest absolute Gasteiger partial charge is 0.0504 e. The first-order valence-corrected chi connectivity index (χ1v) is 5.33. The second kappa shape index (κ2) is 5.68. The van der Waals surface area contributed by atoms with Crippen LogP contribution in [0, 0.1) is 5.41 Å². The number of rotatable bonds is 2. The first-order chi connectivity index (χ1) is 7.59. The number of aliphatic hydroxyl groups excluding tert-OH is 2. The van der Waals surface area contributed by atoms with Gasteiger partial charge in [-0.05, 0) is 17.5 Å².